The van der Waals surface area contributed by atoms with Crippen molar-refractivity contribution in [3.8, 4) is 11.3 Å². The molecule has 0 atom stereocenters. The third kappa shape index (κ3) is 3.41. The second-order valence-electron chi connectivity index (χ2n) is 7.26. The Morgan fingerprint density at radius 3 is 2.32 bits per heavy atom. The fraction of sp³-hybridized carbons (Fsp3) is 0.167. The number of carbonyl (C=O) groups is 1. The molecule has 0 saturated carbocycles. The predicted molar refractivity (Wildman–Crippen MR) is 112 cm³/mol. The van der Waals surface area contributed by atoms with Crippen LogP contribution < -0.4 is 0 Å². The second-order valence-corrected chi connectivity index (χ2v) is 7.26. The minimum absolute atomic E-state index is 0.0440. The van der Waals surface area contributed by atoms with E-state index in [1.807, 2.05) is 91.3 Å². The zero-order valence-corrected chi connectivity index (χ0v) is 16.4. The molecule has 0 aliphatic heterocycles. The number of imidazole rings is 1. The molecule has 0 aliphatic carbocycles. The molecular formula is C24H23N3O. The third-order valence-electron chi connectivity index (χ3n) is 4.90. The van der Waals surface area contributed by atoms with Gasteiger partial charge in [0.05, 0.1) is 0 Å². The van der Waals surface area contributed by atoms with E-state index in [2.05, 4.69) is 6.92 Å². The molecule has 0 N–H and O–H groups in total. The summed E-state index contributed by atoms with van der Waals surface area (Å²) < 4.78 is 1.91. The molecule has 0 radical (unpaired) electrons. The molecule has 0 spiro atoms. The number of hydrogen-bond acceptors (Lipinski definition) is 2. The minimum atomic E-state index is -0.0440. The molecule has 0 bridgehead atoms. The Morgan fingerprint density at radius 2 is 1.61 bits per heavy atom. The lowest BCUT2D eigenvalue weighted by Gasteiger charge is -2.18. The van der Waals surface area contributed by atoms with Gasteiger partial charge >= 0.3 is 0 Å². The number of aromatic nitrogens is 2. The van der Waals surface area contributed by atoms with E-state index >= 15 is 0 Å². The van der Waals surface area contributed by atoms with Crippen LogP contribution in [0.5, 0.6) is 0 Å². The Bertz CT molecular complexity index is 1130. The molecule has 2 heterocycles. The number of amides is 1. The highest BCUT2D eigenvalue weighted by Gasteiger charge is 2.23. The van der Waals surface area contributed by atoms with E-state index in [4.69, 9.17) is 4.98 Å². The van der Waals surface area contributed by atoms with Crippen LogP contribution in [0.4, 0.5) is 0 Å². The van der Waals surface area contributed by atoms with Gasteiger partial charge in [0.1, 0.15) is 17.0 Å². The van der Waals surface area contributed by atoms with Gasteiger partial charge in [-0.2, -0.15) is 0 Å². The summed E-state index contributed by atoms with van der Waals surface area (Å²) in [5, 5.41) is 0. The maximum atomic E-state index is 13.5. The van der Waals surface area contributed by atoms with Crippen molar-refractivity contribution in [1.82, 2.24) is 14.3 Å². The number of aryl methyl sites for hydroxylation is 2. The first-order valence-electron chi connectivity index (χ1n) is 9.38. The van der Waals surface area contributed by atoms with Gasteiger partial charge in [0, 0.05) is 25.4 Å². The van der Waals surface area contributed by atoms with Crippen LogP contribution >= 0.6 is 0 Å². The second kappa shape index (κ2) is 7.31. The highest BCUT2D eigenvalue weighted by Crippen LogP contribution is 2.26. The lowest BCUT2D eigenvalue weighted by atomic mass is 10.1. The Hall–Kier alpha value is -3.40. The summed E-state index contributed by atoms with van der Waals surface area (Å²) in [5.41, 5.74) is 6.40. The number of rotatable bonds is 4. The highest BCUT2D eigenvalue weighted by molar-refractivity contribution is 5.99. The average Bonchev–Trinajstić information content (AvgIpc) is 3.07. The van der Waals surface area contributed by atoms with Crippen molar-refractivity contribution >= 4 is 11.6 Å². The molecule has 4 aromatic rings. The van der Waals surface area contributed by atoms with Crippen LogP contribution in [0.1, 0.15) is 27.2 Å². The lowest BCUT2D eigenvalue weighted by molar-refractivity contribution is 0.0779. The molecule has 28 heavy (non-hydrogen) atoms. The number of nitrogens with zero attached hydrogens (tertiary/aromatic N) is 3. The van der Waals surface area contributed by atoms with Crippen LogP contribution in [0.25, 0.3) is 16.9 Å². The van der Waals surface area contributed by atoms with Crippen molar-refractivity contribution in [2.75, 3.05) is 7.05 Å². The lowest BCUT2D eigenvalue weighted by Crippen LogP contribution is -2.27. The van der Waals surface area contributed by atoms with Crippen LogP contribution in [0.3, 0.4) is 0 Å². The summed E-state index contributed by atoms with van der Waals surface area (Å²) in [6.07, 6.45) is 1.98. The first kappa shape index (κ1) is 18.0. The summed E-state index contributed by atoms with van der Waals surface area (Å²) in [6.45, 7) is 4.62. The number of pyridine rings is 1. The maximum Gasteiger partial charge on any atom is 0.273 e. The average molecular weight is 369 g/mol. The quantitative estimate of drug-likeness (QED) is 0.514. The summed E-state index contributed by atoms with van der Waals surface area (Å²) >= 11 is 0. The molecule has 1 amide bonds. The fourth-order valence-corrected chi connectivity index (χ4v) is 3.38. The Kier molecular flexibility index (Phi) is 4.70. The van der Waals surface area contributed by atoms with E-state index in [9.17, 15) is 4.79 Å². The van der Waals surface area contributed by atoms with Crippen molar-refractivity contribution in [3.63, 3.8) is 0 Å². The van der Waals surface area contributed by atoms with E-state index in [1.165, 1.54) is 5.56 Å². The van der Waals surface area contributed by atoms with Gasteiger partial charge in [-0.1, -0.05) is 66.2 Å². The highest BCUT2D eigenvalue weighted by atomic mass is 16.2. The zero-order chi connectivity index (χ0) is 19.7. The maximum absolute atomic E-state index is 13.5. The van der Waals surface area contributed by atoms with Crippen LogP contribution in [0.2, 0.25) is 0 Å². The standard InChI is InChI=1S/C24H23N3O/c1-17-9-12-20(13-10-17)22-23(27-15-18(2)11-14-21(27)25-22)24(28)26(3)16-19-7-5-4-6-8-19/h4-15H,16H2,1-3H3. The summed E-state index contributed by atoms with van der Waals surface area (Å²) in [4.78, 5) is 20.0. The largest absolute Gasteiger partial charge is 0.336 e. The molecule has 4 heteroatoms. The zero-order valence-electron chi connectivity index (χ0n) is 16.4. The Labute approximate surface area is 165 Å². The first-order chi connectivity index (χ1) is 13.5. The third-order valence-corrected chi connectivity index (χ3v) is 4.90. The van der Waals surface area contributed by atoms with Crippen molar-refractivity contribution < 1.29 is 4.79 Å². The van der Waals surface area contributed by atoms with Crippen molar-refractivity contribution in [2.24, 2.45) is 0 Å². The number of fused-ring (bicyclic) bond motifs is 1. The molecule has 0 aliphatic rings. The summed E-state index contributed by atoms with van der Waals surface area (Å²) in [6, 6.07) is 22.1. The molecule has 0 saturated heterocycles. The van der Waals surface area contributed by atoms with E-state index in [0.29, 0.717) is 12.2 Å². The van der Waals surface area contributed by atoms with Crippen LogP contribution in [0.15, 0.2) is 72.9 Å². The van der Waals surface area contributed by atoms with Gasteiger partial charge in [-0.05, 0) is 31.0 Å². The molecule has 4 nitrogen and oxygen atoms in total. The van der Waals surface area contributed by atoms with E-state index in [-0.39, 0.29) is 5.91 Å². The van der Waals surface area contributed by atoms with Gasteiger partial charge in [-0.3, -0.25) is 9.20 Å². The fourth-order valence-electron chi connectivity index (χ4n) is 3.38. The van der Waals surface area contributed by atoms with E-state index in [0.717, 1.165) is 28.0 Å². The van der Waals surface area contributed by atoms with Gasteiger partial charge in [-0.15, -0.1) is 0 Å². The van der Waals surface area contributed by atoms with Crippen LogP contribution in [-0.2, 0) is 6.54 Å². The van der Waals surface area contributed by atoms with Gasteiger partial charge in [0.25, 0.3) is 5.91 Å². The molecule has 2 aromatic carbocycles. The molecule has 0 unspecified atom stereocenters. The monoisotopic (exact) mass is 369 g/mol. The number of carbonyl (C=O) groups excluding carboxylic acids is 1. The molecule has 4 rings (SSSR count). The Balaban J connectivity index is 1.81. The van der Waals surface area contributed by atoms with Gasteiger partial charge in [0.15, 0.2) is 0 Å². The molecular weight excluding hydrogens is 346 g/mol. The number of hydrogen-bond donors (Lipinski definition) is 0. The van der Waals surface area contributed by atoms with Crippen molar-refractivity contribution in [3.05, 3.63) is 95.3 Å². The van der Waals surface area contributed by atoms with Gasteiger partial charge < -0.3 is 4.90 Å². The number of benzene rings is 2. The van der Waals surface area contributed by atoms with Crippen LogP contribution in [-0.4, -0.2) is 27.2 Å². The van der Waals surface area contributed by atoms with Crippen molar-refractivity contribution in [2.45, 2.75) is 20.4 Å². The van der Waals surface area contributed by atoms with E-state index < -0.39 is 0 Å². The normalized spacial score (nSPS) is 11.0. The summed E-state index contributed by atoms with van der Waals surface area (Å²) in [7, 11) is 1.84. The topological polar surface area (TPSA) is 37.6 Å². The SMILES string of the molecule is Cc1ccc(-c2nc3ccc(C)cn3c2C(=O)N(C)Cc2ccccc2)cc1. The smallest absolute Gasteiger partial charge is 0.273 e. The molecule has 140 valence electrons. The van der Waals surface area contributed by atoms with Gasteiger partial charge in [0.2, 0.25) is 0 Å². The van der Waals surface area contributed by atoms with Crippen molar-refractivity contribution in [1.29, 1.82) is 0 Å². The van der Waals surface area contributed by atoms with Crippen LogP contribution in [0, 0.1) is 13.8 Å². The minimum Gasteiger partial charge on any atom is -0.336 e. The van der Waals surface area contributed by atoms with Gasteiger partial charge in [-0.25, -0.2) is 4.98 Å². The predicted octanol–water partition coefficient (Wildman–Crippen LogP) is 4.89. The molecule has 0 fully saturated rings. The molecule has 2 aromatic heterocycles. The van der Waals surface area contributed by atoms with E-state index in [1.54, 1.807) is 4.90 Å². The summed E-state index contributed by atoms with van der Waals surface area (Å²) in [5.74, 6) is -0.0440. The first-order valence-corrected chi connectivity index (χ1v) is 9.38. The Morgan fingerprint density at radius 1 is 0.929 bits per heavy atom.